The fraction of sp³-hybridized carbons (Fsp3) is 0.861. The highest BCUT2D eigenvalue weighted by molar-refractivity contribution is 5.76. The number of aliphatic hydroxyl groups excluding tert-OH is 2. The lowest BCUT2D eigenvalue weighted by molar-refractivity contribution is -0.143. The fourth-order valence-electron chi connectivity index (χ4n) is 10.8. The van der Waals surface area contributed by atoms with Gasteiger partial charge in [-0.2, -0.15) is 0 Å². The monoisotopic (exact) mass is 1090 g/mol. The van der Waals surface area contributed by atoms with Crippen molar-refractivity contribution in [2.24, 2.45) is 0 Å². The molecule has 0 aromatic carbocycles. The summed E-state index contributed by atoms with van der Waals surface area (Å²) in [4.78, 5) is 24.6. The van der Waals surface area contributed by atoms with Gasteiger partial charge in [0.15, 0.2) is 0 Å². The lowest BCUT2D eigenvalue weighted by Gasteiger charge is -2.22. The minimum Gasteiger partial charge on any atom is -0.466 e. The molecular formula is C72H135NO5. The average Bonchev–Trinajstić information content (AvgIpc) is 3.44. The molecule has 0 heterocycles. The van der Waals surface area contributed by atoms with E-state index in [-0.39, 0.29) is 18.5 Å². The summed E-state index contributed by atoms with van der Waals surface area (Å²) in [5.41, 5.74) is 0. The van der Waals surface area contributed by atoms with Crippen molar-refractivity contribution in [3.63, 3.8) is 0 Å². The molecule has 0 aliphatic carbocycles. The molecule has 0 fully saturated rings. The van der Waals surface area contributed by atoms with Crippen LogP contribution in [-0.4, -0.2) is 47.4 Å². The van der Waals surface area contributed by atoms with E-state index in [0.29, 0.717) is 25.9 Å². The zero-order valence-corrected chi connectivity index (χ0v) is 52.4. The van der Waals surface area contributed by atoms with Crippen LogP contribution in [0.2, 0.25) is 0 Å². The van der Waals surface area contributed by atoms with Gasteiger partial charge in [-0.1, -0.05) is 319 Å². The molecule has 0 spiro atoms. The van der Waals surface area contributed by atoms with Crippen LogP contribution < -0.4 is 5.32 Å². The number of allylic oxidation sites excluding steroid dienone is 8. The Morgan fingerprint density at radius 3 is 0.987 bits per heavy atom. The van der Waals surface area contributed by atoms with Gasteiger partial charge in [0.1, 0.15) is 0 Å². The fourth-order valence-corrected chi connectivity index (χ4v) is 10.8. The van der Waals surface area contributed by atoms with Crippen LogP contribution >= 0.6 is 0 Å². The quantitative estimate of drug-likeness (QED) is 0.0320. The summed E-state index contributed by atoms with van der Waals surface area (Å²) < 4.78 is 5.50. The molecule has 0 aromatic rings. The number of rotatable bonds is 65. The van der Waals surface area contributed by atoms with Crippen molar-refractivity contribution in [2.75, 3.05) is 13.2 Å². The van der Waals surface area contributed by atoms with E-state index >= 15 is 0 Å². The first kappa shape index (κ1) is 75.8. The second-order valence-corrected chi connectivity index (χ2v) is 23.9. The van der Waals surface area contributed by atoms with Crippen molar-refractivity contribution >= 4 is 11.9 Å². The molecule has 6 nitrogen and oxygen atoms in total. The number of aliphatic hydroxyl groups is 2. The number of hydrogen-bond acceptors (Lipinski definition) is 5. The van der Waals surface area contributed by atoms with Crippen LogP contribution in [0.25, 0.3) is 0 Å². The van der Waals surface area contributed by atoms with Gasteiger partial charge in [0, 0.05) is 12.8 Å². The minimum absolute atomic E-state index is 0.00587. The standard InChI is InChI=1S/C72H135NO5/c1-3-5-7-9-11-13-15-17-18-19-36-39-42-46-50-54-58-62-66-72(77)78-67-63-59-55-51-47-43-40-37-34-32-30-28-26-24-22-20-21-23-25-27-29-31-33-35-38-41-45-49-53-57-61-65-71(76)73-69(68-74)70(75)64-60-56-52-48-44-16-14-12-10-8-6-4-2/h13,15,18-19,22,24,28,30,69-70,74-75H,3-12,14,16-17,20-21,23,25-27,29,31-68H2,1-2H3,(H,73,76)/b15-13-,19-18-,24-22-,30-28-. The van der Waals surface area contributed by atoms with Crippen LogP contribution in [0.3, 0.4) is 0 Å². The minimum atomic E-state index is -0.663. The zero-order valence-electron chi connectivity index (χ0n) is 52.4. The maximum atomic E-state index is 12.5. The van der Waals surface area contributed by atoms with E-state index in [1.807, 2.05) is 0 Å². The van der Waals surface area contributed by atoms with Gasteiger partial charge < -0.3 is 20.3 Å². The molecule has 0 bridgehead atoms. The van der Waals surface area contributed by atoms with Gasteiger partial charge in [0.05, 0.1) is 25.4 Å². The molecule has 2 unspecified atom stereocenters. The second-order valence-electron chi connectivity index (χ2n) is 23.9. The van der Waals surface area contributed by atoms with Gasteiger partial charge >= 0.3 is 5.97 Å². The second kappa shape index (κ2) is 67.3. The molecule has 78 heavy (non-hydrogen) atoms. The van der Waals surface area contributed by atoms with Crippen LogP contribution in [0.5, 0.6) is 0 Å². The molecule has 0 rings (SSSR count). The number of unbranched alkanes of at least 4 members (excludes halogenated alkanes) is 46. The van der Waals surface area contributed by atoms with Crippen molar-refractivity contribution in [3.05, 3.63) is 48.6 Å². The zero-order chi connectivity index (χ0) is 56.4. The molecule has 0 saturated heterocycles. The first-order valence-corrected chi connectivity index (χ1v) is 34.9. The lowest BCUT2D eigenvalue weighted by atomic mass is 10.0. The Kier molecular flexibility index (Phi) is 65.4. The summed E-state index contributed by atoms with van der Waals surface area (Å²) in [7, 11) is 0. The molecular weight excluding hydrogens is 959 g/mol. The van der Waals surface area contributed by atoms with E-state index in [1.54, 1.807) is 0 Å². The maximum Gasteiger partial charge on any atom is 0.305 e. The summed E-state index contributed by atoms with van der Waals surface area (Å²) in [5, 5.41) is 23.3. The van der Waals surface area contributed by atoms with E-state index in [9.17, 15) is 19.8 Å². The van der Waals surface area contributed by atoms with E-state index in [4.69, 9.17) is 4.74 Å². The SMILES string of the molecule is CCCCCC/C=C\C/C=C\CCCCCCCCCC(=O)OCCCCCCCCCCC/C=C\C/C=C\CCCCCCCCCCCCCCCCCC(=O)NC(CO)C(O)CCCCCCCCCCCCCC. The summed E-state index contributed by atoms with van der Waals surface area (Å²) in [6.45, 7) is 4.94. The number of ether oxygens (including phenoxy) is 1. The number of carbonyl (C=O) groups is 2. The molecule has 0 aliphatic heterocycles. The third-order valence-electron chi connectivity index (χ3n) is 16.1. The molecule has 3 N–H and O–H groups in total. The topological polar surface area (TPSA) is 95.9 Å². The van der Waals surface area contributed by atoms with Gasteiger partial charge in [0.2, 0.25) is 5.91 Å². The van der Waals surface area contributed by atoms with E-state index < -0.39 is 12.1 Å². The van der Waals surface area contributed by atoms with Gasteiger partial charge in [-0.25, -0.2) is 0 Å². The average molecular weight is 1090 g/mol. The van der Waals surface area contributed by atoms with Crippen molar-refractivity contribution < 1.29 is 24.5 Å². The van der Waals surface area contributed by atoms with Crippen LogP contribution in [-0.2, 0) is 14.3 Å². The third-order valence-corrected chi connectivity index (χ3v) is 16.1. The van der Waals surface area contributed by atoms with Crippen LogP contribution in [0.1, 0.15) is 373 Å². The van der Waals surface area contributed by atoms with E-state index in [1.165, 1.54) is 283 Å². The molecule has 0 aliphatic rings. The number of carbonyl (C=O) groups excluding carboxylic acids is 2. The molecule has 6 heteroatoms. The van der Waals surface area contributed by atoms with Crippen LogP contribution in [0, 0.1) is 0 Å². The largest absolute Gasteiger partial charge is 0.466 e. The Labute approximate surface area is 486 Å². The number of hydrogen-bond donors (Lipinski definition) is 3. The Morgan fingerprint density at radius 1 is 0.359 bits per heavy atom. The smallest absolute Gasteiger partial charge is 0.305 e. The number of esters is 1. The van der Waals surface area contributed by atoms with Crippen LogP contribution in [0.15, 0.2) is 48.6 Å². The first-order valence-electron chi connectivity index (χ1n) is 34.9. The van der Waals surface area contributed by atoms with Gasteiger partial charge in [0.25, 0.3) is 0 Å². The van der Waals surface area contributed by atoms with Crippen molar-refractivity contribution in [2.45, 2.75) is 386 Å². The molecule has 458 valence electrons. The Bertz CT molecular complexity index is 1310. The predicted molar refractivity (Wildman–Crippen MR) is 342 cm³/mol. The summed E-state index contributed by atoms with van der Waals surface area (Å²) in [5.74, 6) is -0.0279. The molecule has 0 aromatic heterocycles. The molecule has 0 saturated carbocycles. The van der Waals surface area contributed by atoms with Crippen molar-refractivity contribution in [3.8, 4) is 0 Å². The Morgan fingerprint density at radius 2 is 0.641 bits per heavy atom. The summed E-state index contributed by atoms with van der Waals surface area (Å²) in [6, 6.07) is -0.540. The summed E-state index contributed by atoms with van der Waals surface area (Å²) in [6.07, 6.45) is 87.3. The third kappa shape index (κ3) is 63.0. The normalized spacial score (nSPS) is 12.8. The highest BCUT2D eigenvalue weighted by Crippen LogP contribution is 2.18. The molecule has 0 radical (unpaired) electrons. The highest BCUT2D eigenvalue weighted by Gasteiger charge is 2.20. The number of amides is 1. The molecule has 1 amide bonds. The number of nitrogens with one attached hydrogen (secondary N) is 1. The highest BCUT2D eigenvalue weighted by atomic mass is 16.5. The Balaban J connectivity index is 3.38. The predicted octanol–water partition coefficient (Wildman–Crippen LogP) is 22.5. The van der Waals surface area contributed by atoms with E-state index in [2.05, 4.69) is 67.8 Å². The van der Waals surface area contributed by atoms with Gasteiger partial charge in [-0.15, -0.1) is 0 Å². The Hall–Kier alpha value is -2.18. The van der Waals surface area contributed by atoms with Gasteiger partial charge in [-0.3, -0.25) is 9.59 Å². The van der Waals surface area contributed by atoms with E-state index in [0.717, 1.165) is 57.8 Å². The summed E-state index contributed by atoms with van der Waals surface area (Å²) >= 11 is 0. The molecule has 2 atom stereocenters. The van der Waals surface area contributed by atoms with Crippen LogP contribution in [0.4, 0.5) is 0 Å². The van der Waals surface area contributed by atoms with Crippen molar-refractivity contribution in [1.29, 1.82) is 0 Å². The van der Waals surface area contributed by atoms with Gasteiger partial charge in [-0.05, 0) is 89.9 Å². The lowest BCUT2D eigenvalue weighted by Crippen LogP contribution is -2.45. The maximum absolute atomic E-state index is 12.5. The van der Waals surface area contributed by atoms with Crippen molar-refractivity contribution in [1.82, 2.24) is 5.32 Å². The first-order chi connectivity index (χ1) is 38.5.